The molecule has 0 atom stereocenters. The normalized spacial score (nSPS) is 10.0. The third kappa shape index (κ3) is 28.3. The summed E-state index contributed by atoms with van der Waals surface area (Å²) in [5, 5.41) is 9.98. The van der Waals surface area contributed by atoms with Crippen LogP contribution >= 0.6 is 0 Å². The number of quaternary nitrogens is 1. The second kappa shape index (κ2) is 21.7. The Morgan fingerprint density at radius 3 is 1.48 bits per heavy atom. The van der Waals surface area contributed by atoms with Crippen LogP contribution in [0.2, 0.25) is 0 Å². The summed E-state index contributed by atoms with van der Waals surface area (Å²) in [6.45, 7) is 5.55. The molecule has 0 fully saturated rings. The molecule has 21 heavy (non-hydrogen) atoms. The van der Waals surface area contributed by atoms with E-state index in [0.29, 0.717) is 0 Å². The van der Waals surface area contributed by atoms with E-state index in [2.05, 4.69) is 19.6 Å². The van der Waals surface area contributed by atoms with E-state index in [1.54, 1.807) is 0 Å². The molecule has 0 aromatic heterocycles. The van der Waals surface area contributed by atoms with E-state index in [9.17, 15) is 9.90 Å². The van der Waals surface area contributed by atoms with Gasteiger partial charge in [-0.15, -0.1) is 0 Å². The van der Waals surface area contributed by atoms with Crippen molar-refractivity contribution in [2.24, 2.45) is 0 Å². The van der Waals surface area contributed by atoms with Crippen LogP contribution in [-0.2, 0) is 4.79 Å². The van der Waals surface area contributed by atoms with E-state index < -0.39 is 5.97 Å². The van der Waals surface area contributed by atoms with Crippen molar-refractivity contribution in [3.05, 3.63) is 0 Å². The molecule has 128 valence electrons. The average Bonchev–Trinajstić information content (AvgIpc) is 2.47. The molecule has 3 nitrogen and oxygen atoms in total. The van der Waals surface area contributed by atoms with E-state index >= 15 is 0 Å². The van der Waals surface area contributed by atoms with E-state index in [-0.39, 0.29) is 6.42 Å². The lowest BCUT2D eigenvalue weighted by Gasteiger charge is -2.00. The predicted octanol–water partition coefficient (Wildman–Crippen LogP) is 3.47. The maximum atomic E-state index is 9.98. The number of carbonyl (C=O) groups excluding carboxylic acids is 1. The molecule has 0 rings (SSSR count). The summed E-state index contributed by atoms with van der Waals surface area (Å²) in [7, 11) is 0. The van der Waals surface area contributed by atoms with Crippen LogP contribution in [0.15, 0.2) is 0 Å². The summed E-state index contributed by atoms with van der Waals surface area (Å²) < 4.78 is 0. The molecule has 3 N–H and O–H groups in total. The topological polar surface area (TPSA) is 67.8 Å². The van der Waals surface area contributed by atoms with Crippen molar-refractivity contribution in [3.8, 4) is 0 Å². The van der Waals surface area contributed by atoms with Crippen LogP contribution in [0.1, 0.15) is 104 Å². The minimum Gasteiger partial charge on any atom is -0.550 e. The first kappa shape index (κ1) is 22.7. The summed E-state index contributed by atoms with van der Waals surface area (Å²) in [5.74, 6) is -0.916. The molecule has 0 bridgehead atoms. The van der Waals surface area contributed by atoms with Gasteiger partial charge in [-0.05, 0) is 25.7 Å². The Morgan fingerprint density at radius 2 is 1.10 bits per heavy atom. The molecule has 0 unspecified atom stereocenters. The third-order valence-corrected chi connectivity index (χ3v) is 3.59. The quantitative estimate of drug-likeness (QED) is 0.499. The number of hydrogen-bond acceptors (Lipinski definition) is 2. The predicted molar refractivity (Wildman–Crippen MR) is 88.7 cm³/mol. The monoisotopic (exact) mass is 301 g/mol. The Kier molecular flexibility index (Phi) is 23.5. The van der Waals surface area contributed by atoms with Gasteiger partial charge in [-0.3, -0.25) is 0 Å². The Bertz CT molecular complexity index is 188. The van der Waals surface area contributed by atoms with Gasteiger partial charge in [0.15, 0.2) is 0 Å². The summed E-state index contributed by atoms with van der Waals surface area (Å²) >= 11 is 0. The smallest absolute Gasteiger partial charge is 0.0739 e. The van der Waals surface area contributed by atoms with Gasteiger partial charge in [0, 0.05) is 5.97 Å². The molecule has 0 spiro atoms. The Hall–Kier alpha value is -0.570. The molecular formula is C18H39NO2. The standard InChI is InChI=1S/C9H21N.C9H18O2/c1-2-3-4-5-6-7-8-9-10;1-2-3-4-5-6-7-8-9(10)11/h2-10H2,1H3;2-8H2,1H3,(H,10,11). The third-order valence-electron chi connectivity index (χ3n) is 3.59. The van der Waals surface area contributed by atoms with Crippen molar-refractivity contribution >= 4 is 5.97 Å². The molecule has 0 aliphatic carbocycles. The Morgan fingerprint density at radius 1 is 0.714 bits per heavy atom. The Balaban J connectivity index is 0. The van der Waals surface area contributed by atoms with Gasteiger partial charge >= 0.3 is 0 Å². The van der Waals surface area contributed by atoms with Gasteiger partial charge in [0.05, 0.1) is 6.54 Å². The summed E-state index contributed by atoms with van der Waals surface area (Å²) in [5.41, 5.74) is 3.82. The van der Waals surface area contributed by atoms with Crippen molar-refractivity contribution in [1.29, 1.82) is 0 Å². The van der Waals surface area contributed by atoms with Crippen LogP contribution in [0.25, 0.3) is 0 Å². The van der Waals surface area contributed by atoms with Crippen molar-refractivity contribution in [2.75, 3.05) is 6.54 Å². The Labute approximate surface area is 132 Å². The minimum absolute atomic E-state index is 0.228. The van der Waals surface area contributed by atoms with Gasteiger partial charge in [0.2, 0.25) is 0 Å². The number of carbonyl (C=O) groups is 1. The van der Waals surface area contributed by atoms with E-state index in [1.807, 2.05) is 0 Å². The fourth-order valence-corrected chi connectivity index (χ4v) is 2.18. The highest BCUT2D eigenvalue weighted by Crippen LogP contribution is 2.06. The molecule has 0 amide bonds. The maximum Gasteiger partial charge on any atom is 0.0739 e. The molecule has 0 aromatic carbocycles. The van der Waals surface area contributed by atoms with Crippen molar-refractivity contribution in [2.45, 2.75) is 104 Å². The minimum atomic E-state index is -0.916. The van der Waals surface area contributed by atoms with Gasteiger partial charge in [-0.2, -0.15) is 0 Å². The fourth-order valence-electron chi connectivity index (χ4n) is 2.18. The lowest BCUT2D eigenvalue weighted by molar-refractivity contribution is -0.368. The first-order valence-corrected chi connectivity index (χ1v) is 9.18. The van der Waals surface area contributed by atoms with E-state index in [0.717, 1.165) is 19.4 Å². The molecule has 0 saturated heterocycles. The van der Waals surface area contributed by atoms with Gasteiger partial charge < -0.3 is 15.6 Å². The highest BCUT2D eigenvalue weighted by Gasteiger charge is 1.90. The van der Waals surface area contributed by atoms with E-state index in [4.69, 9.17) is 0 Å². The second-order valence-electron chi connectivity index (χ2n) is 5.86. The van der Waals surface area contributed by atoms with Gasteiger partial charge in [-0.1, -0.05) is 78.1 Å². The lowest BCUT2D eigenvalue weighted by Crippen LogP contribution is -2.50. The van der Waals surface area contributed by atoms with E-state index in [1.165, 1.54) is 70.6 Å². The number of hydrogen-bond donors (Lipinski definition) is 1. The van der Waals surface area contributed by atoms with Crippen molar-refractivity contribution in [1.82, 2.24) is 0 Å². The number of aliphatic carboxylic acids is 1. The lowest BCUT2D eigenvalue weighted by atomic mass is 10.1. The first-order chi connectivity index (χ1) is 10.2. The van der Waals surface area contributed by atoms with Gasteiger partial charge in [0.1, 0.15) is 0 Å². The van der Waals surface area contributed by atoms with Crippen LogP contribution in [0.4, 0.5) is 0 Å². The first-order valence-electron chi connectivity index (χ1n) is 9.18. The number of unbranched alkanes of at least 4 members (excludes halogenated alkanes) is 11. The maximum absolute atomic E-state index is 9.98. The SMILES string of the molecule is CCCCCCCCC(=O)[O-].CCCCCCCCC[NH3+]. The van der Waals surface area contributed by atoms with Crippen LogP contribution in [0.3, 0.4) is 0 Å². The summed E-state index contributed by atoms with van der Waals surface area (Å²) in [6, 6.07) is 0. The zero-order chi connectivity index (χ0) is 16.2. The van der Waals surface area contributed by atoms with Crippen LogP contribution in [0, 0.1) is 0 Å². The molecule has 3 heteroatoms. The molecule has 0 aliphatic rings. The molecule has 0 heterocycles. The van der Waals surface area contributed by atoms with Crippen LogP contribution in [0.5, 0.6) is 0 Å². The average molecular weight is 302 g/mol. The highest BCUT2D eigenvalue weighted by molar-refractivity contribution is 5.63. The number of rotatable bonds is 14. The summed E-state index contributed by atoms with van der Waals surface area (Å²) in [6.07, 6.45) is 16.8. The zero-order valence-electron chi connectivity index (χ0n) is 14.6. The highest BCUT2D eigenvalue weighted by atomic mass is 16.4. The molecule has 0 saturated carbocycles. The number of carboxylic acid groups (broad SMARTS) is 1. The second-order valence-corrected chi connectivity index (χ2v) is 5.86. The molecule has 0 aliphatic heterocycles. The molecule has 0 radical (unpaired) electrons. The van der Waals surface area contributed by atoms with Crippen LogP contribution in [-0.4, -0.2) is 12.5 Å². The van der Waals surface area contributed by atoms with Crippen molar-refractivity contribution in [3.63, 3.8) is 0 Å². The largest absolute Gasteiger partial charge is 0.550 e. The van der Waals surface area contributed by atoms with Gasteiger partial charge in [0.25, 0.3) is 0 Å². The van der Waals surface area contributed by atoms with Crippen LogP contribution < -0.4 is 10.8 Å². The van der Waals surface area contributed by atoms with Gasteiger partial charge in [-0.25, -0.2) is 0 Å². The molecule has 0 aromatic rings. The zero-order valence-corrected chi connectivity index (χ0v) is 14.6. The van der Waals surface area contributed by atoms with Crippen molar-refractivity contribution < 1.29 is 15.6 Å². The summed E-state index contributed by atoms with van der Waals surface area (Å²) in [4.78, 5) is 9.98. The number of carboxylic acids is 1. The fraction of sp³-hybridized carbons (Fsp3) is 0.944. The molecular weight excluding hydrogens is 262 g/mol.